The van der Waals surface area contributed by atoms with Gasteiger partial charge in [-0.25, -0.2) is 4.79 Å². The van der Waals surface area contributed by atoms with Crippen molar-refractivity contribution in [3.63, 3.8) is 0 Å². The van der Waals surface area contributed by atoms with E-state index in [1.54, 1.807) is 31.3 Å². The molecule has 0 radical (unpaired) electrons. The number of hydrogen-bond acceptors (Lipinski definition) is 3. The van der Waals surface area contributed by atoms with Crippen LogP contribution in [-0.4, -0.2) is 47.7 Å². The molecule has 0 unspecified atom stereocenters. The van der Waals surface area contributed by atoms with Crippen molar-refractivity contribution in [3.8, 4) is 0 Å². The Morgan fingerprint density at radius 1 is 1.08 bits per heavy atom. The van der Waals surface area contributed by atoms with Crippen molar-refractivity contribution >= 4 is 17.6 Å². The molecule has 1 aromatic rings. The molecular formula is C19H27N3O3. The van der Waals surface area contributed by atoms with Crippen molar-refractivity contribution in [3.05, 3.63) is 29.8 Å². The lowest BCUT2D eigenvalue weighted by Crippen LogP contribution is -2.46. The molecule has 1 aliphatic heterocycles. The Bertz CT molecular complexity index is 617. The van der Waals surface area contributed by atoms with Gasteiger partial charge in [0, 0.05) is 36.8 Å². The summed E-state index contributed by atoms with van der Waals surface area (Å²) < 4.78 is 0. The highest BCUT2D eigenvalue weighted by Crippen LogP contribution is 2.34. The third-order valence-electron chi connectivity index (χ3n) is 5.46. The Balaban J connectivity index is 1.64. The molecule has 3 rings (SSSR count). The molecule has 2 fully saturated rings. The van der Waals surface area contributed by atoms with E-state index in [4.69, 9.17) is 0 Å². The fourth-order valence-electron chi connectivity index (χ4n) is 4.12. The van der Waals surface area contributed by atoms with Crippen LogP contribution in [0, 0.1) is 5.92 Å². The zero-order valence-corrected chi connectivity index (χ0v) is 14.7. The van der Waals surface area contributed by atoms with Gasteiger partial charge in [-0.05, 0) is 49.9 Å². The van der Waals surface area contributed by atoms with E-state index in [9.17, 15) is 14.7 Å². The molecule has 1 heterocycles. The average molecular weight is 345 g/mol. The highest BCUT2D eigenvalue weighted by Gasteiger charge is 2.39. The summed E-state index contributed by atoms with van der Waals surface area (Å²) in [4.78, 5) is 26.2. The van der Waals surface area contributed by atoms with E-state index >= 15 is 0 Å². The third kappa shape index (κ3) is 3.95. The van der Waals surface area contributed by atoms with Gasteiger partial charge in [-0.2, -0.15) is 0 Å². The highest BCUT2D eigenvalue weighted by molar-refractivity contribution is 5.95. The number of aliphatic hydroxyl groups is 1. The smallest absolute Gasteiger partial charge is 0.322 e. The number of nitrogens with zero attached hydrogens (tertiary/aromatic N) is 1. The van der Waals surface area contributed by atoms with Gasteiger partial charge in [0.05, 0.1) is 6.10 Å². The fourth-order valence-corrected chi connectivity index (χ4v) is 4.12. The number of hydrogen-bond donors (Lipinski definition) is 3. The maximum atomic E-state index is 12.7. The van der Waals surface area contributed by atoms with Gasteiger partial charge in [0.15, 0.2) is 0 Å². The van der Waals surface area contributed by atoms with Crippen molar-refractivity contribution in [1.29, 1.82) is 0 Å². The molecular weight excluding hydrogens is 318 g/mol. The maximum Gasteiger partial charge on any atom is 0.322 e. The first-order valence-electron chi connectivity index (χ1n) is 9.18. The molecule has 3 N–H and O–H groups in total. The normalized spacial score (nSPS) is 26.3. The molecule has 0 spiro atoms. The predicted molar refractivity (Wildman–Crippen MR) is 96.5 cm³/mol. The summed E-state index contributed by atoms with van der Waals surface area (Å²) in [7, 11) is 1.59. The molecule has 25 heavy (non-hydrogen) atoms. The molecule has 6 nitrogen and oxygen atoms in total. The average Bonchev–Trinajstić information content (AvgIpc) is 3.11. The van der Waals surface area contributed by atoms with Crippen molar-refractivity contribution in [2.75, 3.05) is 18.9 Å². The first-order chi connectivity index (χ1) is 12.1. The second-order valence-electron chi connectivity index (χ2n) is 7.01. The predicted octanol–water partition coefficient (Wildman–Crippen LogP) is 2.59. The Morgan fingerprint density at radius 2 is 1.80 bits per heavy atom. The molecule has 1 aromatic carbocycles. The molecule has 3 atom stereocenters. The van der Waals surface area contributed by atoms with Crippen molar-refractivity contribution < 1.29 is 14.7 Å². The van der Waals surface area contributed by atoms with Crippen LogP contribution in [0.25, 0.3) is 0 Å². The number of nitrogens with one attached hydrogen (secondary N) is 2. The third-order valence-corrected chi connectivity index (χ3v) is 5.46. The standard InChI is InChI=1S/C19H27N3O3/c1-20-18(24)13-8-10-14(11-9-13)21-19(25)22-12-4-6-16(22)15-5-2-3-7-17(15)23/h8-11,15-17,23H,2-7,12H2,1H3,(H,20,24)(H,21,25)/t15-,16-,17-/m1/s1. The van der Waals surface area contributed by atoms with E-state index in [1.807, 2.05) is 4.90 Å². The summed E-state index contributed by atoms with van der Waals surface area (Å²) in [5.74, 6) is 0.0430. The van der Waals surface area contributed by atoms with Crippen LogP contribution < -0.4 is 10.6 Å². The van der Waals surface area contributed by atoms with E-state index in [-0.39, 0.29) is 30.0 Å². The van der Waals surface area contributed by atoms with E-state index in [2.05, 4.69) is 10.6 Å². The molecule has 3 amide bonds. The Morgan fingerprint density at radius 3 is 2.48 bits per heavy atom. The second kappa shape index (κ2) is 7.87. The lowest BCUT2D eigenvalue weighted by Gasteiger charge is -2.37. The number of aliphatic hydroxyl groups excluding tert-OH is 1. The molecule has 1 saturated heterocycles. The molecule has 6 heteroatoms. The maximum absolute atomic E-state index is 12.7. The van der Waals surface area contributed by atoms with Gasteiger partial charge >= 0.3 is 6.03 Å². The Labute approximate surface area is 148 Å². The number of benzene rings is 1. The number of carbonyl (C=O) groups excluding carboxylic acids is 2. The van der Waals surface area contributed by atoms with E-state index < -0.39 is 0 Å². The van der Waals surface area contributed by atoms with Crippen molar-refractivity contribution in [2.45, 2.75) is 50.7 Å². The summed E-state index contributed by atoms with van der Waals surface area (Å²) in [5.41, 5.74) is 1.23. The number of urea groups is 1. The van der Waals surface area contributed by atoms with Crippen LogP contribution in [0.2, 0.25) is 0 Å². The number of amides is 3. The minimum absolute atomic E-state index is 0.118. The highest BCUT2D eigenvalue weighted by atomic mass is 16.3. The monoisotopic (exact) mass is 345 g/mol. The van der Waals surface area contributed by atoms with Crippen LogP contribution in [0.1, 0.15) is 48.9 Å². The van der Waals surface area contributed by atoms with Crippen LogP contribution in [0.3, 0.4) is 0 Å². The fraction of sp³-hybridized carbons (Fsp3) is 0.579. The lowest BCUT2D eigenvalue weighted by molar-refractivity contribution is 0.0320. The topological polar surface area (TPSA) is 81.7 Å². The van der Waals surface area contributed by atoms with Crippen LogP contribution in [0.5, 0.6) is 0 Å². The van der Waals surface area contributed by atoms with Gasteiger partial charge in [-0.1, -0.05) is 12.8 Å². The quantitative estimate of drug-likeness (QED) is 0.787. The summed E-state index contributed by atoms with van der Waals surface area (Å²) in [5, 5.41) is 15.8. The summed E-state index contributed by atoms with van der Waals surface area (Å²) in [6.45, 7) is 0.732. The summed E-state index contributed by atoms with van der Waals surface area (Å²) >= 11 is 0. The molecule has 2 aliphatic rings. The second-order valence-corrected chi connectivity index (χ2v) is 7.01. The molecule has 0 aromatic heterocycles. The molecule has 136 valence electrons. The molecule has 1 aliphatic carbocycles. The minimum Gasteiger partial charge on any atom is -0.393 e. The number of likely N-dealkylation sites (tertiary alicyclic amines) is 1. The zero-order chi connectivity index (χ0) is 17.8. The van der Waals surface area contributed by atoms with E-state index in [0.717, 1.165) is 45.1 Å². The van der Waals surface area contributed by atoms with Gasteiger partial charge < -0.3 is 20.6 Å². The summed E-state index contributed by atoms with van der Waals surface area (Å²) in [6, 6.07) is 6.88. The first-order valence-corrected chi connectivity index (χ1v) is 9.18. The van der Waals surface area contributed by atoms with Gasteiger partial charge in [-0.15, -0.1) is 0 Å². The van der Waals surface area contributed by atoms with E-state index in [1.165, 1.54) is 0 Å². The number of rotatable bonds is 3. The van der Waals surface area contributed by atoms with Crippen LogP contribution in [0.15, 0.2) is 24.3 Å². The van der Waals surface area contributed by atoms with E-state index in [0.29, 0.717) is 11.3 Å². The van der Waals surface area contributed by atoms with Crippen LogP contribution in [0.4, 0.5) is 10.5 Å². The first kappa shape index (κ1) is 17.7. The Kier molecular flexibility index (Phi) is 5.58. The van der Waals surface area contributed by atoms with Crippen LogP contribution >= 0.6 is 0 Å². The Hall–Kier alpha value is -2.08. The minimum atomic E-state index is -0.293. The SMILES string of the molecule is CNC(=O)c1ccc(NC(=O)N2CCC[C@@H]2[C@H]2CCCC[C@H]2O)cc1. The van der Waals surface area contributed by atoms with Crippen LogP contribution in [-0.2, 0) is 0 Å². The molecule has 0 bridgehead atoms. The van der Waals surface area contributed by atoms with Gasteiger partial charge in [0.2, 0.25) is 0 Å². The van der Waals surface area contributed by atoms with Gasteiger partial charge in [0.25, 0.3) is 5.91 Å². The molecule has 1 saturated carbocycles. The number of anilines is 1. The summed E-state index contributed by atoms with van der Waals surface area (Å²) in [6.07, 6.45) is 5.71. The van der Waals surface area contributed by atoms with Gasteiger partial charge in [-0.3, -0.25) is 4.79 Å². The van der Waals surface area contributed by atoms with Gasteiger partial charge in [0.1, 0.15) is 0 Å². The van der Waals surface area contributed by atoms with Crippen molar-refractivity contribution in [1.82, 2.24) is 10.2 Å². The van der Waals surface area contributed by atoms with Crippen molar-refractivity contribution in [2.24, 2.45) is 5.92 Å². The lowest BCUT2D eigenvalue weighted by atomic mass is 9.80. The zero-order valence-electron chi connectivity index (χ0n) is 14.7. The number of carbonyl (C=O) groups is 2. The largest absolute Gasteiger partial charge is 0.393 e.